The highest BCUT2D eigenvalue weighted by Crippen LogP contribution is 2.23. The Kier molecular flexibility index (Phi) is 3.46. The molecule has 0 aliphatic carbocycles. The number of ether oxygens (including phenoxy) is 1. The smallest absolute Gasteiger partial charge is 0.205 e. The molecule has 1 aromatic rings. The number of rotatable bonds is 3. The summed E-state index contributed by atoms with van der Waals surface area (Å²) >= 11 is 0. The molecule has 2 heterocycles. The number of imidazole rings is 1. The minimum absolute atomic E-state index is 0.333. The fourth-order valence-electron chi connectivity index (χ4n) is 2.35. The summed E-state index contributed by atoms with van der Waals surface area (Å²) in [6.07, 6.45) is 6.15. The Bertz CT molecular complexity index is 338. The van der Waals surface area contributed by atoms with E-state index in [1.54, 1.807) is 7.11 Å². The number of nitrogens with zero attached hydrogens (tertiary/aromatic N) is 3. The Hall–Kier alpha value is -1.07. The van der Waals surface area contributed by atoms with Crippen molar-refractivity contribution in [3.05, 3.63) is 12.4 Å². The molecule has 1 aliphatic rings. The highest BCUT2D eigenvalue weighted by molar-refractivity contribution is 5.34. The molecular formula is C11H20N4O. The molecule has 2 atom stereocenters. The number of hydrogen-bond acceptors (Lipinski definition) is 4. The predicted molar refractivity (Wildman–Crippen MR) is 63.4 cm³/mol. The fourth-order valence-corrected chi connectivity index (χ4v) is 2.35. The summed E-state index contributed by atoms with van der Waals surface area (Å²) < 4.78 is 7.45. The molecule has 2 N–H and O–H groups in total. The molecule has 1 saturated heterocycles. The Balaban J connectivity index is 2.13. The van der Waals surface area contributed by atoms with E-state index in [9.17, 15) is 0 Å². The Labute approximate surface area is 96.2 Å². The number of aryl methyl sites for hydroxylation is 1. The van der Waals surface area contributed by atoms with Crippen molar-refractivity contribution in [2.24, 2.45) is 12.8 Å². The molecule has 5 heteroatoms. The second-order valence-corrected chi connectivity index (χ2v) is 4.30. The lowest BCUT2D eigenvalue weighted by Crippen LogP contribution is -2.49. The third-order valence-electron chi connectivity index (χ3n) is 3.33. The zero-order valence-electron chi connectivity index (χ0n) is 9.97. The van der Waals surface area contributed by atoms with Gasteiger partial charge in [0.1, 0.15) is 0 Å². The second kappa shape index (κ2) is 4.84. The van der Waals surface area contributed by atoms with Crippen LogP contribution in [0.15, 0.2) is 12.4 Å². The van der Waals surface area contributed by atoms with Gasteiger partial charge >= 0.3 is 0 Å². The molecule has 0 radical (unpaired) electrons. The average Bonchev–Trinajstić information content (AvgIpc) is 2.74. The Morgan fingerprint density at radius 3 is 3.00 bits per heavy atom. The van der Waals surface area contributed by atoms with Crippen LogP contribution in [-0.2, 0) is 11.8 Å². The first kappa shape index (κ1) is 11.4. The number of hydrogen-bond donors (Lipinski definition) is 1. The molecule has 1 aromatic heterocycles. The first-order valence-electron chi connectivity index (χ1n) is 5.73. The Morgan fingerprint density at radius 1 is 1.62 bits per heavy atom. The average molecular weight is 224 g/mol. The van der Waals surface area contributed by atoms with Gasteiger partial charge in [-0.1, -0.05) is 0 Å². The molecule has 0 saturated carbocycles. The van der Waals surface area contributed by atoms with E-state index in [-0.39, 0.29) is 0 Å². The van der Waals surface area contributed by atoms with Crippen molar-refractivity contribution < 1.29 is 4.74 Å². The highest BCUT2D eigenvalue weighted by atomic mass is 16.5. The van der Waals surface area contributed by atoms with Crippen molar-refractivity contribution in [1.82, 2.24) is 9.55 Å². The van der Waals surface area contributed by atoms with E-state index in [1.165, 1.54) is 0 Å². The molecule has 1 fully saturated rings. The summed E-state index contributed by atoms with van der Waals surface area (Å²) in [6.45, 7) is 1.61. The van der Waals surface area contributed by atoms with Crippen molar-refractivity contribution >= 4 is 5.95 Å². The number of methoxy groups -OCH3 is 1. The lowest BCUT2D eigenvalue weighted by molar-refractivity contribution is 0.0705. The molecule has 0 amide bonds. The van der Waals surface area contributed by atoms with Crippen LogP contribution in [0.25, 0.3) is 0 Å². The number of aromatic nitrogens is 2. The monoisotopic (exact) mass is 224 g/mol. The van der Waals surface area contributed by atoms with Crippen molar-refractivity contribution in [3.8, 4) is 0 Å². The second-order valence-electron chi connectivity index (χ2n) is 4.30. The summed E-state index contributed by atoms with van der Waals surface area (Å²) in [7, 11) is 3.78. The maximum absolute atomic E-state index is 5.83. The molecular weight excluding hydrogens is 204 g/mol. The first-order chi connectivity index (χ1) is 7.76. The summed E-state index contributed by atoms with van der Waals surface area (Å²) in [4.78, 5) is 6.67. The van der Waals surface area contributed by atoms with Gasteiger partial charge in [-0.2, -0.15) is 0 Å². The molecule has 5 nitrogen and oxygen atoms in total. The maximum Gasteiger partial charge on any atom is 0.205 e. The van der Waals surface area contributed by atoms with Crippen molar-refractivity contribution in [2.45, 2.75) is 25.0 Å². The number of piperidine rings is 1. The lowest BCUT2D eigenvalue weighted by Gasteiger charge is -2.39. The van der Waals surface area contributed by atoms with Crippen LogP contribution >= 0.6 is 0 Å². The van der Waals surface area contributed by atoms with E-state index in [2.05, 4.69) is 9.88 Å². The van der Waals surface area contributed by atoms with Gasteiger partial charge in [0.25, 0.3) is 0 Å². The summed E-state index contributed by atoms with van der Waals surface area (Å²) in [6, 6.07) is 0.333. The summed E-state index contributed by atoms with van der Waals surface area (Å²) in [5, 5.41) is 0. The normalized spacial score (nSPS) is 26.1. The van der Waals surface area contributed by atoms with E-state index < -0.39 is 0 Å². The van der Waals surface area contributed by atoms with Crippen LogP contribution in [-0.4, -0.2) is 41.9 Å². The minimum atomic E-state index is 0.333. The van der Waals surface area contributed by atoms with Crippen LogP contribution in [0.1, 0.15) is 12.8 Å². The largest absolute Gasteiger partial charge is 0.381 e. The van der Waals surface area contributed by atoms with Gasteiger partial charge in [0.15, 0.2) is 0 Å². The summed E-state index contributed by atoms with van der Waals surface area (Å²) in [5.74, 6) is 1.00. The van der Waals surface area contributed by atoms with E-state index >= 15 is 0 Å². The van der Waals surface area contributed by atoms with Gasteiger partial charge < -0.3 is 19.9 Å². The van der Waals surface area contributed by atoms with Crippen molar-refractivity contribution in [1.29, 1.82) is 0 Å². The van der Waals surface area contributed by atoms with E-state index in [4.69, 9.17) is 10.5 Å². The molecule has 0 spiro atoms. The molecule has 2 unspecified atom stereocenters. The molecule has 16 heavy (non-hydrogen) atoms. The number of nitrogens with two attached hydrogens (primary N) is 1. The van der Waals surface area contributed by atoms with Gasteiger partial charge in [0.05, 0.1) is 6.10 Å². The van der Waals surface area contributed by atoms with Crippen LogP contribution < -0.4 is 10.6 Å². The molecule has 2 rings (SSSR count). The van der Waals surface area contributed by atoms with E-state index in [1.807, 2.05) is 24.0 Å². The van der Waals surface area contributed by atoms with Crippen LogP contribution in [0, 0.1) is 0 Å². The number of anilines is 1. The lowest BCUT2D eigenvalue weighted by atomic mass is 10.00. The standard InChI is InChI=1S/C11H20N4O/c1-14-6-4-13-11(14)15-5-3-10(16-2)7-9(15)8-12/h4,6,9-10H,3,5,7-8,12H2,1-2H3. The minimum Gasteiger partial charge on any atom is -0.381 e. The third kappa shape index (κ3) is 2.05. The molecule has 90 valence electrons. The van der Waals surface area contributed by atoms with Gasteiger partial charge in [-0.05, 0) is 12.8 Å². The molecule has 1 aliphatic heterocycles. The molecule has 0 bridgehead atoms. The Morgan fingerprint density at radius 2 is 2.44 bits per heavy atom. The van der Waals surface area contributed by atoms with Gasteiger partial charge in [-0.15, -0.1) is 0 Å². The third-order valence-corrected chi connectivity index (χ3v) is 3.33. The topological polar surface area (TPSA) is 56.3 Å². The van der Waals surface area contributed by atoms with Crippen LogP contribution in [0.3, 0.4) is 0 Å². The predicted octanol–water partition coefficient (Wildman–Crippen LogP) is 0.363. The van der Waals surface area contributed by atoms with Gasteiger partial charge in [-0.25, -0.2) is 4.98 Å². The van der Waals surface area contributed by atoms with Crippen molar-refractivity contribution in [3.63, 3.8) is 0 Å². The fraction of sp³-hybridized carbons (Fsp3) is 0.727. The zero-order chi connectivity index (χ0) is 11.5. The van der Waals surface area contributed by atoms with E-state index in [0.717, 1.165) is 25.3 Å². The van der Waals surface area contributed by atoms with Crippen LogP contribution in [0.2, 0.25) is 0 Å². The van der Waals surface area contributed by atoms with E-state index in [0.29, 0.717) is 18.7 Å². The quantitative estimate of drug-likeness (QED) is 0.805. The first-order valence-corrected chi connectivity index (χ1v) is 5.73. The van der Waals surface area contributed by atoms with Gasteiger partial charge in [0, 0.05) is 45.7 Å². The van der Waals surface area contributed by atoms with Gasteiger partial charge in [-0.3, -0.25) is 0 Å². The molecule has 0 aromatic carbocycles. The summed E-state index contributed by atoms with van der Waals surface area (Å²) in [5.41, 5.74) is 5.83. The van der Waals surface area contributed by atoms with Crippen LogP contribution in [0.4, 0.5) is 5.95 Å². The SMILES string of the molecule is COC1CCN(c2nccn2C)C(CN)C1. The highest BCUT2D eigenvalue weighted by Gasteiger charge is 2.29. The van der Waals surface area contributed by atoms with Crippen molar-refractivity contribution in [2.75, 3.05) is 25.1 Å². The van der Waals surface area contributed by atoms with Gasteiger partial charge in [0.2, 0.25) is 5.95 Å². The van der Waals surface area contributed by atoms with Crippen LogP contribution in [0.5, 0.6) is 0 Å². The maximum atomic E-state index is 5.83. The zero-order valence-corrected chi connectivity index (χ0v) is 9.97.